The highest BCUT2D eigenvalue weighted by atomic mass is 16.3. The molecular formula is C15H23NO2. The molecule has 2 N–H and O–H groups in total. The Labute approximate surface area is 109 Å². The minimum Gasteiger partial charge on any atom is -0.396 e. The van der Waals surface area contributed by atoms with Gasteiger partial charge in [0.25, 0.3) is 0 Å². The molecule has 0 radical (unpaired) electrons. The standard InChI is InChI=1S/C15H23NO2/c1-11(2)14(13-7-5-4-6-8-13)15(18)16-9-12(3)10-17/h4-8,11-12,14,17H,9-10H2,1-3H3,(H,16,18). The van der Waals surface area contributed by atoms with E-state index in [0.29, 0.717) is 6.54 Å². The van der Waals surface area contributed by atoms with Gasteiger partial charge in [0.1, 0.15) is 0 Å². The molecule has 1 aromatic rings. The average molecular weight is 249 g/mol. The first-order valence-corrected chi connectivity index (χ1v) is 6.49. The van der Waals surface area contributed by atoms with E-state index in [2.05, 4.69) is 5.32 Å². The minimum absolute atomic E-state index is 0.0384. The molecule has 0 fully saturated rings. The topological polar surface area (TPSA) is 49.3 Å². The first-order valence-electron chi connectivity index (χ1n) is 6.49. The van der Waals surface area contributed by atoms with Crippen LogP contribution in [0, 0.1) is 11.8 Å². The van der Waals surface area contributed by atoms with Crippen LogP contribution in [0.5, 0.6) is 0 Å². The summed E-state index contributed by atoms with van der Waals surface area (Å²) >= 11 is 0. The summed E-state index contributed by atoms with van der Waals surface area (Å²) in [5, 5.41) is 11.9. The van der Waals surface area contributed by atoms with Crippen LogP contribution in [0.15, 0.2) is 30.3 Å². The van der Waals surface area contributed by atoms with Crippen molar-refractivity contribution < 1.29 is 9.90 Å². The molecule has 1 rings (SSSR count). The molecule has 1 amide bonds. The predicted octanol–water partition coefficient (Wildman–Crippen LogP) is 2.17. The molecular weight excluding hydrogens is 226 g/mol. The van der Waals surface area contributed by atoms with E-state index in [9.17, 15) is 4.79 Å². The van der Waals surface area contributed by atoms with Crippen molar-refractivity contribution >= 4 is 5.91 Å². The first kappa shape index (κ1) is 14.7. The van der Waals surface area contributed by atoms with Gasteiger partial charge in [-0.05, 0) is 17.4 Å². The highest BCUT2D eigenvalue weighted by molar-refractivity contribution is 5.83. The molecule has 0 heterocycles. The van der Waals surface area contributed by atoms with Crippen LogP contribution in [-0.2, 0) is 4.79 Å². The molecule has 0 aliphatic carbocycles. The van der Waals surface area contributed by atoms with Gasteiger partial charge in [-0.2, -0.15) is 0 Å². The summed E-state index contributed by atoms with van der Waals surface area (Å²) in [4.78, 5) is 12.2. The van der Waals surface area contributed by atoms with Crippen LogP contribution in [-0.4, -0.2) is 24.2 Å². The third-order valence-electron chi connectivity index (χ3n) is 3.04. The third-order valence-corrected chi connectivity index (χ3v) is 3.04. The zero-order valence-electron chi connectivity index (χ0n) is 11.4. The van der Waals surface area contributed by atoms with Crippen molar-refractivity contribution in [3.63, 3.8) is 0 Å². The van der Waals surface area contributed by atoms with Crippen LogP contribution < -0.4 is 5.32 Å². The monoisotopic (exact) mass is 249 g/mol. The van der Waals surface area contributed by atoms with Gasteiger partial charge >= 0.3 is 0 Å². The van der Waals surface area contributed by atoms with Gasteiger partial charge in [0.05, 0.1) is 5.92 Å². The summed E-state index contributed by atoms with van der Waals surface area (Å²) in [5.41, 5.74) is 1.04. The number of carbonyl (C=O) groups is 1. The lowest BCUT2D eigenvalue weighted by atomic mass is 9.87. The molecule has 2 atom stereocenters. The van der Waals surface area contributed by atoms with Crippen molar-refractivity contribution in [1.82, 2.24) is 5.32 Å². The molecule has 0 aromatic heterocycles. The predicted molar refractivity (Wildman–Crippen MR) is 73.3 cm³/mol. The Balaban J connectivity index is 2.71. The molecule has 0 saturated heterocycles. The Morgan fingerprint density at radius 3 is 2.33 bits per heavy atom. The SMILES string of the molecule is CC(CO)CNC(=O)C(c1ccccc1)C(C)C. The minimum atomic E-state index is -0.128. The summed E-state index contributed by atoms with van der Waals surface area (Å²) < 4.78 is 0. The van der Waals surface area contributed by atoms with Crippen molar-refractivity contribution in [2.75, 3.05) is 13.2 Å². The molecule has 0 bridgehead atoms. The number of hydrogen-bond acceptors (Lipinski definition) is 2. The van der Waals surface area contributed by atoms with Crippen LogP contribution in [0.4, 0.5) is 0 Å². The fourth-order valence-corrected chi connectivity index (χ4v) is 1.95. The second-order valence-corrected chi connectivity index (χ2v) is 5.17. The van der Waals surface area contributed by atoms with Gasteiger partial charge < -0.3 is 10.4 Å². The summed E-state index contributed by atoms with van der Waals surface area (Å²) in [6.07, 6.45) is 0. The number of amides is 1. The van der Waals surface area contributed by atoms with Crippen molar-refractivity contribution in [1.29, 1.82) is 0 Å². The van der Waals surface area contributed by atoms with Crippen molar-refractivity contribution in [3.05, 3.63) is 35.9 Å². The quantitative estimate of drug-likeness (QED) is 0.811. The summed E-state index contributed by atoms with van der Waals surface area (Å²) in [6.45, 7) is 6.62. The fraction of sp³-hybridized carbons (Fsp3) is 0.533. The molecule has 100 valence electrons. The summed E-state index contributed by atoms with van der Waals surface area (Å²) in [5.74, 6) is 0.253. The van der Waals surface area contributed by atoms with E-state index < -0.39 is 0 Å². The normalized spacial score (nSPS) is 14.3. The average Bonchev–Trinajstić information content (AvgIpc) is 2.37. The van der Waals surface area contributed by atoms with E-state index in [1.807, 2.05) is 51.1 Å². The van der Waals surface area contributed by atoms with E-state index >= 15 is 0 Å². The molecule has 0 aliphatic heterocycles. The van der Waals surface area contributed by atoms with Crippen LogP contribution in [0.25, 0.3) is 0 Å². The maximum Gasteiger partial charge on any atom is 0.227 e. The molecule has 1 aromatic carbocycles. The molecule has 2 unspecified atom stereocenters. The van der Waals surface area contributed by atoms with Gasteiger partial charge in [0, 0.05) is 13.2 Å². The van der Waals surface area contributed by atoms with Gasteiger partial charge in [-0.1, -0.05) is 51.1 Å². The lowest BCUT2D eigenvalue weighted by Crippen LogP contribution is -2.35. The van der Waals surface area contributed by atoms with Crippen LogP contribution in [0.2, 0.25) is 0 Å². The van der Waals surface area contributed by atoms with Gasteiger partial charge in [-0.25, -0.2) is 0 Å². The largest absolute Gasteiger partial charge is 0.396 e. The number of nitrogens with one attached hydrogen (secondary N) is 1. The second kappa shape index (κ2) is 7.17. The smallest absolute Gasteiger partial charge is 0.227 e. The lowest BCUT2D eigenvalue weighted by molar-refractivity contribution is -0.123. The number of aliphatic hydroxyl groups is 1. The molecule has 3 nitrogen and oxygen atoms in total. The number of hydrogen-bond donors (Lipinski definition) is 2. The zero-order chi connectivity index (χ0) is 13.5. The highest BCUT2D eigenvalue weighted by Gasteiger charge is 2.23. The van der Waals surface area contributed by atoms with Crippen LogP contribution in [0.1, 0.15) is 32.3 Å². The van der Waals surface area contributed by atoms with Crippen molar-refractivity contribution in [3.8, 4) is 0 Å². The van der Waals surface area contributed by atoms with E-state index in [1.54, 1.807) is 0 Å². The lowest BCUT2D eigenvalue weighted by Gasteiger charge is -2.21. The molecule has 0 aliphatic rings. The summed E-state index contributed by atoms with van der Waals surface area (Å²) in [7, 11) is 0. The Morgan fingerprint density at radius 1 is 1.22 bits per heavy atom. The van der Waals surface area contributed by atoms with Crippen LogP contribution in [0.3, 0.4) is 0 Å². The number of rotatable bonds is 6. The Bertz CT molecular complexity index is 362. The van der Waals surface area contributed by atoms with Crippen molar-refractivity contribution in [2.45, 2.75) is 26.7 Å². The number of aliphatic hydroxyl groups excluding tert-OH is 1. The Morgan fingerprint density at radius 2 is 1.83 bits per heavy atom. The van der Waals surface area contributed by atoms with Crippen molar-refractivity contribution in [2.24, 2.45) is 11.8 Å². The molecule has 0 saturated carbocycles. The summed E-state index contributed by atoms with van der Waals surface area (Å²) in [6, 6.07) is 9.83. The first-order chi connectivity index (χ1) is 8.56. The van der Waals surface area contributed by atoms with Crippen LogP contribution >= 0.6 is 0 Å². The number of benzene rings is 1. The third kappa shape index (κ3) is 4.15. The van der Waals surface area contributed by atoms with E-state index in [4.69, 9.17) is 5.11 Å². The van der Waals surface area contributed by atoms with Gasteiger partial charge in [0.2, 0.25) is 5.91 Å². The molecule has 3 heteroatoms. The van der Waals surface area contributed by atoms with Gasteiger partial charge in [0.15, 0.2) is 0 Å². The molecule has 18 heavy (non-hydrogen) atoms. The maximum atomic E-state index is 12.2. The highest BCUT2D eigenvalue weighted by Crippen LogP contribution is 2.24. The van der Waals surface area contributed by atoms with Gasteiger partial charge in [-0.3, -0.25) is 4.79 Å². The maximum absolute atomic E-state index is 12.2. The Hall–Kier alpha value is -1.35. The second-order valence-electron chi connectivity index (χ2n) is 5.17. The Kier molecular flexibility index (Phi) is 5.86. The molecule has 0 spiro atoms. The van der Waals surface area contributed by atoms with E-state index in [0.717, 1.165) is 5.56 Å². The van der Waals surface area contributed by atoms with E-state index in [1.165, 1.54) is 0 Å². The van der Waals surface area contributed by atoms with Gasteiger partial charge in [-0.15, -0.1) is 0 Å². The fourth-order valence-electron chi connectivity index (χ4n) is 1.95. The van der Waals surface area contributed by atoms with E-state index in [-0.39, 0.29) is 30.3 Å². The zero-order valence-corrected chi connectivity index (χ0v) is 11.4. The number of carbonyl (C=O) groups excluding carboxylic acids is 1.